The first kappa shape index (κ1) is 16.7. The summed E-state index contributed by atoms with van der Waals surface area (Å²) in [6, 6.07) is 7.51. The molecule has 1 fully saturated rings. The van der Waals surface area contributed by atoms with E-state index in [0.717, 1.165) is 35.2 Å². The Morgan fingerprint density at radius 3 is 2.71 bits per heavy atom. The van der Waals surface area contributed by atoms with Crippen molar-refractivity contribution in [3.05, 3.63) is 30.5 Å². The van der Waals surface area contributed by atoms with Crippen molar-refractivity contribution < 1.29 is 14.3 Å². The zero-order valence-electron chi connectivity index (χ0n) is 14.6. The summed E-state index contributed by atoms with van der Waals surface area (Å²) in [6.45, 7) is 5.81. The number of carbonyl (C=O) groups is 1. The van der Waals surface area contributed by atoms with Gasteiger partial charge in [-0.2, -0.15) is 0 Å². The van der Waals surface area contributed by atoms with E-state index >= 15 is 0 Å². The van der Waals surface area contributed by atoms with Crippen molar-refractivity contribution >= 4 is 22.5 Å². The molecule has 1 aliphatic rings. The molecule has 1 N–H and O–H groups in total. The summed E-state index contributed by atoms with van der Waals surface area (Å²) in [5.74, 6) is 0.890. The molecule has 24 heavy (non-hydrogen) atoms. The van der Waals surface area contributed by atoms with Crippen LogP contribution in [0.4, 0.5) is 5.69 Å². The fourth-order valence-corrected chi connectivity index (χ4v) is 2.93. The summed E-state index contributed by atoms with van der Waals surface area (Å²) in [6.07, 6.45) is 3.84. The van der Waals surface area contributed by atoms with Crippen LogP contribution in [0, 0.1) is 5.92 Å². The van der Waals surface area contributed by atoms with Gasteiger partial charge in [0.15, 0.2) is 0 Å². The van der Waals surface area contributed by atoms with Gasteiger partial charge in [0.25, 0.3) is 5.91 Å². The second kappa shape index (κ2) is 6.40. The Morgan fingerprint density at radius 2 is 2.08 bits per heavy atom. The SMILES string of the molecule is CO[C@@](C)(C(=O)Nc1ccc(OC(C)C)c2ncccc12)C1CC1. The van der Waals surface area contributed by atoms with Gasteiger partial charge in [-0.25, -0.2) is 0 Å². The number of methoxy groups -OCH3 is 1. The maximum Gasteiger partial charge on any atom is 0.256 e. The molecule has 0 radical (unpaired) electrons. The molecule has 1 aromatic carbocycles. The Morgan fingerprint density at radius 1 is 1.33 bits per heavy atom. The lowest BCUT2D eigenvalue weighted by atomic mass is 9.98. The molecule has 0 aliphatic heterocycles. The molecule has 0 bridgehead atoms. The third-order valence-electron chi connectivity index (χ3n) is 4.57. The average molecular weight is 328 g/mol. The molecular weight excluding hydrogens is 304 g/mol. The molecule has 1 heterocycles. The van der Waals surface area contributed by atoms with E-state index in [9.17, 15) is 4.79 Å². The first-order chi connectivity index (χ1) is 11.5. The van der Waals surface area contributed by atoms with E-state index in [1.54, 1.807) is 13.3 Å². The van der Waals surface area contributed by atoms with E-state index in [0.29, 0.717) is 0 Å². The Hall–Kier alpha value is -2.14. The van der Waals surface area contributed by atoms with Gasteiger partial charge in [0.1, 0.15) is 16.9 Å². The van der Waals surface area contributed by atoms with Crippen LogP contribution in [0.5, 0.6) is 5.75 Å². The number of hydrogen-bond acceptors (Lipinski definition) is 4. The molecule has 3 rings (SSSR count). The number of nitrogens with one attached hydrogen (secondary N) is 1. The van der Waals surface area contributed by atoms with Crippen molar-refractivity contribution in [2.45, 2.75) is 45.3 Å². The highest BCUT2D eigenvalue weighted by Gasteiger charge is 2.47. The highest BCUT2D eigenvalue weighted by Crippen LogP contribution is 2.42. The summed E-state index contributed by atoms with van der Waals surface area (Å²) in [7, 11) is 1.59. The minimum Gasteiger partial charge on any atom is -0.489 e. The Bertz CT molecular complexity index is 755. The second-order valence-electron chi connectivity index (χ2n) is 6.72. The number of anilines is 1. The molecule has 2 aromatic rings. The third-order valence-corrected chi connectivity index (χ3v) is 4.57. The number of pyridine rings is 1. The molecule has 1 atom stereocenters. The number of benzene rings is 1. The molecule has 128 valence electrons. The lowest BCUT2D eigenvalue weighted by Crippen LogP contribution is -2.44. The molecule has 0 spiro atoms. The molecular formula is C19H24N2O3. The normalized spacial score (nSPS) is 16.9. The van der Waals surface area contributed by atoms with E-state index in [-0.39, 0.29) is 17.9 Å². The quantitative estimate of drug-likeness (QED) is 0.877. The van der Waals surface area contributed by atoms with Crippen molar-refractivity contribution in [1.82, 2.24) is 4.98 Å². The summed E-state index contributed by atoms with van der Waals surface area (Å²) in [5, 5.41) is 3.88. The minimum absolute atomic E-state index is 0.0577. The molecule has 0 saturated heterocycles. The van der Waals surface area contributed by atoms with E-state index in [1.165, 1.54) is 0 Å². The van der Waals surface area contributed by atoms with Crippen molar-refractivity contribution in [3.8, 4) is 5.75 Å². The van der Waals surface area contributed by atoms with Crippen LogP contribution in [-0.4, -0.2) is 29.7 Å². The topological polar surface area (TPSA) is 60.5 Å². The molecule has 1 saturated carbocycles. The van der Waals surface area contributed by atoms with Crippen LogP contribution in [0.1, 0.15) is 33.6 Å². The van der Waals surface area contributed by atoms with Crippen LogP contribution in [-0.2, 0) is 9.53 Å². The smallest absolute Gasteiger partial charge is 0.256 e. The predicted molar refractivity (Wildman–Crippen MR) is 94.3 cm³/mol. The van der Waals surface area contributed by atoms with Crippen LogP contribution in [0.15, 0.2) is 30.5 Å². The first-order valence-corrected chi connectivity index (χ1v) is 8.36. The van der Waals surface area contributed by atoms with Gasteiger partial charge in [0, 0.05) is 18.7 Å². The highest BCUT2D eigenvalue weighted by atomic mass is 16.5. The van der Waals surface area contributed by atoms with Crippen LogP contribution >= 0.6 is 0 Å². The van der Waals surface area contributed by atoms with E-state index < -0.39 is 5.60 Å². The summed E-state index contributed by atoms with van der Waals surface area (Å²) in [5.41, 5.74) is 0.680. The lowest BCUT2D eigenvalue weighted by Gasteiger charge is -2.27. The van der Waals surface area contributed by atoms with Crippen molar-refractivity contribution in [2.75, 3.05) is 12.4 Å². The zero-order valence-corrected chi connectivity index (χ0v) is 14.6. The fraction of sp³-hybridized carbons (Fsp3) is 0.474. The van der Waals surface area contributed by atoms with Gasteiger partial charge in [-0.3, -0.25) is 9.78 Å². The lowest BCUT2D eigenvalue weighted by molar-refractivity contribution is -0.138. The van der Waals surface area contributed by atoms with Crippen molar-refractivity contribution in [3.63, 3.8) is 0 Å². The van der Waals surface area contributed by atoms with Crippen LogP contribution in [0.2, 0.25) is 0 Å². The standard InChI is InChI=1S/C19H24N2O3/c1-12(2)24-16-10-9-15(14-6-5-11-20-17(14)16)21-18(22)19(3,23-4)13-7-8-13/h5-6,9-13H,7-8H2,1-4H3,(H,21,22)/t19-/m1/s1. The van der Waals surface area contributed by atoms with Crippen molar-refractivity contribution in [1.29, 1.82) is 0 Å². The summed E-state index contributed by atoms with van der Waals surface area (Å²) in [4.78, 5) is 17.2. The van der Waals surface area contributed by atoms with E-state index in [1.807, 2.05) is 45.0 Å². The maximum absolute atomic E-state index is 12.8. The minimum atomic E-state index is -0.790. The third kappa shape index (κ3) is 3.08. The highest BCUT2D eigenvalue weighted by molar-refractivity contribution is 6.05. The number of carbonyl (C=O) groups excluding carboxylic acids is 1. The van der Waals surface area contributed by atoms with Gasteiger partial charge in [0.05, 0.1) is 11.8 Å². The number of fused-ring (bicyclic) bond motifs is 1. The number of rotatable bonds is 6. The first-order valence-electron chi connectivity index (χ1n) is 8.36. The van der Waals surface area contributed by atoms with E-state index in [2.05, 4.69) is 10.3 Å². The molecule has 1 aromatic heterocycles. The molecule has 5 heteroatoms. The number of nitrogens with zero attached hydrogens (tertiary/aromatic N) is 1. The van der Waals surface area contributed by atoms with E-state index in [4.69, 9.17) is 9.47 Å². The predicted octanol–water partition coefficient (Wildman–Crippen LogP) is 3.78. The molecule has 5 nitrogen and oxygen atoms in total. The Labute approximate surface area is 142 Å². The number of amides is 1. The molecule has 1 amide bonds. The van der Waals surface area contributed by atoms with Gasteiger partial charge in [-0.15, -0.1) is 0 Å². The van der Waals surface area contributed by atoms with Crippen molar-refractivity contribution in [2.24, 2.45) is 5.92 Å². The maximum atomic E-state index is 12.8. The number of aromatic nitrogens is 1. The zero-order chi connectivity index (χ0) is 17.3. The Balaban J connectivity index is 1.94. The molecule has 0 unspecified atom stereocenters. The average Bonchev–Trinajstić information content (AvgIpc) is 3.41. The summed E-state index contributed by atoms with van der Waals surface area (Å²) < 4.78 is 11.4. The monoisotopic (exact) mass is 328 g/mol. The Kier molecular flexibility index (Phi) is 4.45. The number of hydrogen-bond donors (Lipinski definition) is 1. The van der Waals surface area contributed by atoms with Crippen LogP contribution < -0.4 is 10.1 Å². The van der Waals surface area contributed by atoms with Crippen LogP contribution in [0.3, 0.4) is 0 Å². The van der Waals surface area contributed by atoms with Gasteiger partial charge < -0.3 is 14.8 Å². The number of ether oxygens (including phenoxy) is 2. The van der Waals surface area contributed by atoms with Gasteiger partial charge in [-0.05, 0) is 63.8 Å². The largest absolute Gasteiger partial charge is 0.489 e. The fourth-order valence-electron chi connectivity index (χ4n) is 2.93. The van der Waals surface area contributed by atoms with Gasteiger partial charge in [-0.1, -0.05) is 0 Å². The summed E-state index contributed by atoms with van der Waals surface area (Å²) >= 11 is 0. The van der Waals surface area contributed by atoms with Crippen LogP contribution in [0.25, 0.3) is 10.9 Å². The molecule has 1 aliphatic carbocycles. The van der Waals surface area contributed by atoms with Gasteiger partial charge >= 0.3 is 0 Å². The second-order valence-corrected chi connectivity index (χ2v) is 6.72. The van der Waals surface area contributed by atoms with Gasteiger partial charge in [0.2, 0.25) is 0 Å².